The summed E-state index contributed by atoms with van der Waals surface area (Å²) in [7, 11) is 0. The van der Waals surface area contributed by atoms with Gasteiger partial charge in [-0.15, -0.1) is 0 Å². The number of carbonyl (C=O) groups is 1. The molecule has 0 aliphatic rings. The molecule has 4 nitrogen and oxygen atoms in total. The molecule has 1 aromatic heterocycles. The first kappa shape index (κ1) is 14.5. The van der Waals surface area contributed by atoms with Crippen molar-refractivity contribution < 1.29 is 9.53 Å². The van der Waals surface area contributed by atoms with Crippen molar-refractivity contribution in [3.8, 4) is 0 Å². The molecular weight excluding hydrogens is 272 g/mol. The molecule has 0 amide bonds. The summed E-state index contributed by atoms with van der Waals surface area (Å²) in [6.07, 6.45) is 3.48. The first-order valence-corrected chi connectivity index (χ1v) is 7.25. The monoisotopic (exact) mass is 288 g/mol. The van der Waals surface area contributed by atoms with Crippen LogP contribution in [0.2, 0.25) is 0 Å². The molecule has 1 heterocycles. The van der Waals surface area contributed by atoms with Gasteiger partial charge in [0.25, 0.3) is 0 Å². The van der Waals surface area contributed by atoms with Crippen LogP contribution in [0.3, 0.4) is 0 Å². The highest BCUT2D eigenvalue weighted by molar-refractivity contribution is 8.00. The van der Waals surface area contributed by atoms with Crippen LogP contribution in [-0.2, 0) is 9.53 Å². The van der Waals surface area contributed by atoms with Crippen LogP contribution in [0.25, 0.3) is 0 Å². The van der Waals surface area contributed by atoms with E-state index in [0.717, 1.165) is 11.1 Å². The Hall–Kier alpha value is -1.88. The molecule has 5 heteroatoms. The Bertz CT molecular complexity index is 558. The van der Waals surface area contributed by atoms with E-state index in [1.807, 2.05) is 37.3 Å². The van der Waals surface area contributed by atoms with E-state index in [4.69, 9.17) is 4.74 Å². The summed E-state index contributed by atoms with van der Waals surface area (Å²) in [6, 6.07) is 9.53. The SMILES string of the molecule is CCOC(=O)C(Sc1ncc(C)cn1)c1ccccc1. The maximum absolute atomic E-state index is 12.1. The van der Waals surface area contributed by atoms with Gasteiger partial charge in [0.1, 0.15) is 5.25 Å². The van der Waals surface area contributed by atoms with Crippen molar-refractivity contribution in [3.63, 3.8) is 0 Å². The molecule has 0 saturated heterocycles. The number of thioether (sulfide) groups is 1. The highest BCUT2D eigenvalue weighted by Crippen LogP contribution is 2.34. The van der Waals surface area contributed by atoms with Crippen molar-refractivity contribution >= 4 is 17.7 Å². The van der Waals surface area contributed by atoms with E-state index in [9.17, 15) is 4.79 Å². The van der Waals surface area contributed by atoms with E-state index in [1.54, 1.807) is 19.3 Å². The zero-order chi connectivity index (χ0) is 14.4. The average Bonchev–Trinajstić information content (AvgIpc) is 2.48. The number of carbonyl (C=O) groups excluding carboxylic acids is 1. The van der Waals surface area contributed by atoms with Crippen LogP contribution in [0.5, 0.6) is 0 Å². The normalized spacial score (nSPS) is 11.9. The Balaban J connectivity index is 2.23. The standard InChI is InChI=1S/C15H16N2O2S/c1-3-19-14(18)13(12-7-5-4-6-8-12)20-15-16-9-11(2)10-17-15/h4-10,13H,3H2,1-2H3. The Morgan fingerprint density at radius 2 is 1.90 bits per heavy atom. The lowest BCUT2D eigenvalue weighted by Gasteiger charge is -2.14. The van der Waals surface area contributed by atoms with Gasteiger partial charge in [-0.1, -0.05) is 42.1 Å². The minimum absolute atomic E-state index is 0.270. The largest absolute Gasteiger partial charge is 0.465 e. The summed E-state index contributed by atoms with van der Waals surface area (Å²) in [5, 5.41) is 0.122. The number of hydrogen-bond acceptors (Lipinski definition) is 5. The Morgan fingerprint density at radius 3 is 2.50 bits per heavy atom. The second-order valence-electron chi connectivity index (χ2n) is 4.20. The minimum Gasteiger partial charge on any atom is -0.465 e. The minimum atomic E-state index is -0.446. The van der Waals surface area contributed by atoms with Gasteiger partial charge in [-0.05, 0) is 25.0 Å². The summed E-state index contributed by atoms with van der Waals surface area (Å²) in [4.78, 5) is 20.6. The highest BCUT2D eigenvalue weighted by Gasteiger charge is 2.24. The van der Waals surface area contributed by atoms with Crippen LogP contribution in [0.1, 0.15) is 23.3 Å². The third kappa shape index (κ3) is 3.81. The maximum atomic E-state index is 12.1. The van der Waals surface area contributed by atoms with Gasteiger partial charge in [0.15, 0.2) is 5.16 Å². The first-order chi connectivity index (χ1) is 9.70. The van der Waals surface area contributed by atoms with E-state index in [-0.39, 0.29) is 5.97 Å². The molecule has 104 valence electrons. The van der Waals surface area contributed by atoms with Gasteiger partial charge in [0.2, 0.25) is 0 Å². The van der Waals surface area contributed by atoms with Gasteiger partial charge >= 0.3 is 5.97 Å². The fourth-order valence-corrected chi connectivity index (χ4v) is 2.54. The smallest absolute Gasteiger partial charge is 0.324 e. The van der Waals surface area contributed by atoms with Crippen molar-refractivity contribution in [3.05, 3.63) is 53.9 Å². The molecular formula is C15H16N2O2S. The summed E-state index contributed by atoms with van der Waals surface area (Å²) < 4.78 is 5.14. The van der Waals surface area contributed by atoms with Crippen LogP contribution in [0.4, 0.5) is 0 Å². The lowest BCUT2D eigenvalue weighted by molar-refractivity contribution is -0.142. The molecule has 2 rings (SSSR count). The van der Waals surface area contributed by atoms with Gasteiger partial charge in [-0.25, -0.2) is 9.97 Å². The number of esters is 1. The van der Waals surface area contributed by atoms with Gasteiger partial charge in [0, 0.05) is 12.4 Å². The second-order valence-corrected chi connectivity index (χ2v) is 5.28. The predicted molar refractivity (Wildman–Crippen MR) is 78.4 cm³/mol. The highest BCUT2D eigenvalue weighted by atomic mass is 32.2. The average molecular weight is 288 g/mol. The summed E-state index contributed by atoms with van der Waals surface area (Å²) in [6.45, 7) is 4.08. The molecule has 0 aliphatic carbocycles. The topological polar surface area (TPSA) is 52.1 Å². The lowest BCUT2D eigenvalue weighted by Crippen LogP contribution is -2.13. The number of rotatable bonds is 5. The van der Waals surface area contributed by atoms with Crippen LogP contribution >= 0.6 is 11.8 Å². The van der Waals surface area contributed by atoms with Crippen LogP contribution in [0.15, 0.2) is 47.9 Å². The van der Waals surface area contributed by atoms with Crippen molar-refractivity contribution in [2.75, 3.05) is 6.61 Å². The second kappa shape index (κ2) is 7.05. The summed E-state index contributed by atoms with van der Waals surface area (Å²) >= 11 is 1.30. The molecule has 0 bridgehead atoms. The fourth-order valence-electron chi connectivity index (χ4n) is 1.65. The van der Waals surface area contributed by atoms with Crippen molar-refractivity contribution in [1.29, 1.82) is 0 Å². The van der Waals surface area contributed by atoms with Crippen molar-refractivity contribution in [2.24, 2.45) is 0 Å². The van der Waals surface area contributed by atoms with Gasteiger partial charge < -0.3 is 4.74 Å². The van der Waals surface area contributed by atoms with Crippen LogP contribution < -0.4 is 0 Å². The zero-order valence-corrected chi connectivity index (χ0v) is 12.3. The van der Waals surface area contributed by atoms with Crippen molar-refractivity contribution in [2.45, 2.75) is 24.3 Å². The Labute approximate surface area is 122 Å². The Kier molecular flexibility index (Phi) is 5.12. The predicted octanol–water partition coefficient (Wildman–Crippen LogP) is 3.18. The number of aryl methyl sites for hydroxylation is 1. The first-order valence-electron chi connectivity index (χ1n) is 6.37. The molecule has 1 unspecified atom stereocenters. The van der Waals surface area contributed by atoms with Gasteiger partial charge in [-0.3, -0.25) is 4.79 Å². The summed E-state index contributed by atoms with van der Waals surface area (Å²) in [5.74, 6) is -0.270. The quantitative estimate of drug-likeness (QED) is 0.480. The molecule has 0 aliphatic heterocycles. The van der Waals surface area contributed by atoms with E-state index in [2.05, 4.69) is 9.97 Å². The maximum Gasteiger partial charge on any atom is 0.324 e. The lowest BCUT2D eigenvalue weighted by atomic mass is 10.1. The number of ether oxygens (including phenoxy) is 1. The van der Waals surface area contributed by atoms with E-state index < -0.39 is 5.25 Å². The molecule has 1 aromatic carbocycles. The van der Waals surface area contributed by atoms with Gasteiger partial charge in [-0.2, -0.15) is 0 Å². The van der Waals surface area contributed by atoms with Crippen molar-refractivity contribution in [1.82, 2.24) is 9.97 Å². The van der Waals surface area contributed by atoms with E-state index >= 15 is 0 Å². The molecule has 0 saturated carbocycles. The fraction of sp³-hybridized carbons (Fsp3) is 0.267. The summed E-state index contributed by atoms with van der Waals surface area (Å²) in [5.41, 5.74) is 1.88. The number of hydrogen-bond donors (Lipinski definition) is 0. The molecule has 0 fully saturated rings. The molecule has 0 spiro atoms. The van der Waals surface area contributed by atoms with Gasteiger partial charge in [0.05, 0.1) is 6.61 Å². The molecule has 2 aromatic rings. The molecule has 0 radical (unpaired) electrons. The van der Waals surface area contributed by atoms with E-state index in [1.165, 1.54) is 11.8 Å². The Morgan fingerprint density at radius 1 is 1.25 bits per heavy atom. The third-order valence-electron chi connectivity index (χ3n) is 2.58. The van der Waals surface area contributed by atoms with Crippen LogP contribution in [0, 0.1) is 6.92 Å². The molecule has 0 N–H and O–H groups in total. The number of benzene rings is 1. The van der Waals surface area contributed by atoms with E-state index in [0.29, 0.717) is 11.8 Å². The molecule has 20 heavy (non-hydrogen) atoms. The molecule has 1 atom stereocenters. The number of aromatic nitrogens is 2. The number of nitrogens with zero attached hydrogens (tertiary/aromatic N) is 2. The zero-order valence-electron chi connectivity index (χ0n) is 11.4. The third-order valence-corrected chi connectivity index (χ3v) is 3.71. The van der Waals surface area contributed by atoms with Crippen LogP contribution in [-0.4, -0.2) is 22.5 Å².